The SMILES string of the molecule is O=C(Nc1nnc(C2CCCCC2)o1)C1CCCN(S(=O)(=O)c2ccc(Cl)s2)C1. The maximum Gasteiger partial charge on any atom is 0.322 e. The van der Waals surface area contributed by atoms with Crippen LogP contribution in [0.15, 0.2) is 20.8 Å². The molecule has 1 aliphatic heterocycles. The Morgan fingerprint density at radius 2 is 1.97 bits per heavy atom. The largest absolute Gasteiger partial charge is 0.408 e. The van der Waals surface area contributed by atoms with Crippen LogP contribution in [0.3, 0.4) is 0 Å². The normalized spacial score (nSPS) is 21.9. The number of hydrogen-bond donors (Lipinski definition) is 1. The van der Waals surface area contributed by atoms with Gasteiger partial charge in [-0.3, -0.25) is 10.1 Å². The fourth-order valence-electron chi connectivity index (χ4n) is 3.95. The molecular weight excluding hydrogens is 436 g/mol. The summed E-state index contributed by atoms with van der Waals surface area (Å²) >= 11 is 6.90. The van der Waals surface area contributed by atoms with E-state index in [1.807, 2.05) is 0 Å². The predicted octanol–water partition coefficient (Wildman–Crippen LogP) is 3.87. The number of nitrogens with one attached hydrogen (secondary N) is 1. The molecule has 2 aromatic heterocycles. The Morgan fingerprint density at radius 1 is 1.17 bits per heavy atom. The molecule has 1 atom stereocenters. The van der Waals surface area contributed by atoms with Gasteiger partial charge in [-0.15, -0.1) is 16.4 Å². The van der Waals surface area contributed by atoms with Crippen molar-refractivity contribution in [1.29, 1.82) is 0 Å². The van der Waals surface area contributed by atoms with E-state index in [9.17, 15) is 13.2 Å². The molecule has 4 rings (SSSR count). The summed E-state index contributed by atoms with van der Waals surface area (Å²) < 4.78 is 33.2. The van der Waals surface area contributed by atoms with Crippen molar-refractivity contribution >= 4 is 44.9 Å². The van der Waals surface area contributed by atoms with Crippen molar-refractivity contribution in [3.8, 4) is 0 Å². The van der Waals surface area contributed by atoms with Gasteiger partial charge in [-0.2, -0.15) is 4.31 Å². The molecule has 1 unspecified atom stereocenters. The van der Waals surface area contributed by atoms with Gasteiger partial charge in [-0.25, -0.2) is 8.42 Å². The summed E-state index contributed by atoms with van der Waals surface area (Å²) in [6.07, 6.45) is 6.79. The lowest BCUT2D eigenvalue weighted by molar-refractivity contribution is -0.121. The van der Waals surface area contributed by atoms with Gasteiger partial charge >= 0.3 is 6.01 Å². The zero-order valence-corrected chi connectivity index (χ0v) is 18.2. The van der Waals surface area contributed by atoms with E-state index < -0.39 is 15.9 Å². The Bertz CT molecular complexity index is 968. The average Bonchev–Trinajstić information content (AvgIpc) is 3.38. The number of hydrogen-bond acceptors (Lipinski definition) is 7. The van der Waals surface area contributed by atoms with E-state index in [1.54, 1.807) is 6.07 Å². The van der Waals surface area contributed by atoms with E-state index in [2.05, 4.69) is 15.5 Å². The van der Waals surface area contributed by atoms with E-state index in [-0.39, 0.29) is 28.6 Å². The second-order valence-corrected chi connectivity index (χ2v) is 11.4. The van der Waals surface area contributed by atoms with Crippen molar-refractivity contribution in [2.75, 3.05) is 18.4 Å². The first-order chi connectivity index (χ1) is 13.9. The Balaban J connectivity index is 1.39. The van der Waals surface area contributed by atoms with Crippen LogP contribution in [-0.4, -0.2) is 41.9 Å². The van der Waals surface area contributed by atoms with Crippen molar-refractivity contribution in [1.82, 2.24) is 14.5 Å². The van der Waals surface area contributed by atoms with Crippen LogP contribution in [0.2, 0.25) is 4.34 Å². The second kappa shape index (κ2) is 8.71. The minimum absolute atomic E-state index is 0.0839. The van der Waals surface area contributed by atoms with Crippen LogP contribution in [0.25, 0.3) is 0 Å². The van der Waals surface area contributed by atoms with Gasteiger partial charge in [-0.05, 0) is 37.8 Å². The van der Waals surface area contributed by atoms with Crippen LogP contribution >= 0.6 is 22.9 Å². The predicted molar refractivity (Wildman–Crippen MR) is 110 cm³/mol. The Morgan fingerprint density at radius 3 is 2.69 bits per heavy atom. The molecule has 11 heteroatoms. The van der Waals surface area contributed by atoms with E-state index in [1.165, 1.54) is 16.8 Å². The molecule has 158 valence electrons. The van der Waals surface area contributed by atoms with E-state index in [0.29, 0.717) is 29.6 Å². The number of halogens is 1. The Kier molecular flexibility index (Phi) is 6.24. The molecule has 0 spiro atoms. The topological polar surface area (TPSA) is 105 Å². The maximum atomic E-state index is 12.8. The van der Waals surface area contributed by atoms with Crippen molar-refractivity contribution in [2.24, 2.45) is 5.92 Å². The van der Waals surface area contributed by atoms with Crippen LogP contribution < -0.4 is 5.32 Å². The molecule has 2 fully saturated rings. The number of rotatable bonds is 5. The first-order valence-electron chi connectivity index (χ1n) is 9.83. The molecule has 29 heavy (non-hydrogen) atoms. The first kappa shape index (κ1) is 20.8. The standard InChI is InChI=1S/C18H23ClN4O4S2/c19-14-8-9-15(28-14)29(25,26)23-10-4-7-13(11-23)16(24)20-18-22-21-17(27-18)12-5-2-1-3-6-12/h8-9,12-13H,1-7,10-11H2,(H,20,22,24). The number of anilines is 1. The highest BCUT2D eigenvalue weighted by Gasteiger charge is 2.34. The summed E-state index contributed by atoms with van der Waals surface area (Å²) in [6.45, 7) is 0.501. The fourth-order valence-corrected chi connectivity index (χ4v) is 7.11. The molecule has 3 heterocycles. The number of thiophene rings is 1. The van der Waals surface area contributed by atoms with Gasteiger partial charge in [0.1, 0.15) is 4.21 Å². The van der Waals surface area contributed by atoms with Gasteiger partial charge in [0, 0.05) is 19.0 Å². The average molecular weight is 459 g/mol. The van der Waals surface area contributed by atoms with Crippen molar-refractivity contribution in [2.45, 2.75) is 55.1 Å². The van der Waals surface area contributed by atoms with Crippen molar-refractivity contribution in [3.05, 3.63) is 22.4 Å². The molecule has 2 aromatic rings. The summed E-state index contributed by atoms with van der Waals surface area (Å²) in [7, 11) is -3.65. The monoisotopic (exact) mass is 458 g/mol. The lowest BCUT2D eigenvalue weighted by Crippen LogP contribution is -2.43. The van der Waals surface area contributed by atoms with Gasteiger partial charge in [-0.1, -0.05) is 36.0 Å². The van der Waals surface area contributed by atoms with E-state index >= 15 is 0 Å². The molecule has 0 aromatic carbocycles. The summed E-state index contributed by atoms with van der Waals surface area (Å²) in [5.41, 5.74) is 0. The maximum absolute atomic E-state index is 12.8. The second-order valence-electron chi connectivity index (χ2n) is 7.53. The summed E-state index contributed by atoms with van der Waals surface area (Å²) in [5, 5.41) is 10.7. The number of nitrogens with zero attached hydrogens (tertiary/aromatic N) is 3. The molecule has 1 amide bonds. The molecular formula is C18H23ClN4O4S2. The highest BCUT2D eigenvalue weighted by Crippen LogP contribution is 2.33. The smallest absolute Gasteiger partial charge is 0.322 e. The number of carbonyl (C=O) groups is 1. The minimum atomic E-state index is -3.65. The third kappa shape index (κ3) is 4.65. The third-order valence-corrected chi connectivity index (χ3v) is 9.09. The van der Waals surface area contributed by atoms with Crippen LogP contribution in [0.5, 0.6) is 0 Å². The molecule has 0 bridgehead atoms. The molecule has 8 nitrogen and oxygen atoms in total. The molecule has 0 radical (unpaired) electrons. The molecule has 2 aliphatic rings. The van der Waals surface area contributed by atoms with Crippen LogP contribution in [-0.2, 0) is 14.8 Å². The van der Waals surface area contributed by atoms with Gasteiger partial charge in [0.2, 0.25) is 11.8 Å². The zero-order chi connectivity index (χ0) is 20.4. The Hall–Kier alpha value is -1.49. The summed E-state index contributed by atoms with van der Waals surface area (Å²) in [4.78, 5) is 12.7. The zero-order valence-electron chi connectivity index (χ0n) is 15.8. The van der Waals surface area contributed by atoms with Crippen molar-refractivity contribution < 1.29 is 17.6 Å². The number of aromatic nitrogens is 2. The van der Waals surface area contributed by atoms with Gasteiger partial charge in [0.15, 0.2) is 0 Å². The molecule has 1 saturated heterocycles. The lowest BCUT2D eigenvalue weighted by Gasteiger charge is -2.30. The third-order valence-electron chi connectivity index (χ3n) is 5.52. The molecule has 1 N–H and O–H groups in total. The number of carbonyl (C=O) groups excluding carboxylic acids is 1. The van der Waals surface area contributed by atoms with Gasteiger partial charge < -0.3 is 4.42 Å². The minimum Gasteiger partial charge on any atom is -0.408 e. The number of sulfonamides is 1. The van der Waals surface area contributed by atoms with E-state index in [0.717, 1.165) is 37.0 Å². The molecule has 1 saturated carbocycles. The van der Waals surface area contributed by atoms with Gasteiger partial charge in [0.05, 0.1) is 10.3 Å². The highest BCUT2D eigenvalue weighted by atomic mass is 35.5. The number of amides is 1. The fraction of sp³-hybridized carbons (Fsp3) is 0.611. The van der Waals surface area contributed by atoms with Gasteiger partial charge in [0.25, 0.3) is 10.0 Å². The quantitative estimate of drug-likeness (QED) is 0.728. The lowest BCUT2D eigenvalue weighted by atomic mass is 9.89. The summed E-state index contributed by atoms with van der Waals surface area (Å²) in [5.74, 6) is 0.0594. The number of piperidine rings is 1. The first-order valence-corrected chi connectivity index (χ1v) is 12.5. The van der Waals surface area contributed by atoms with Crippen molar-refractivity contribution in [3.63, 3.8) is 0 Å². The molecule has 1 aliphatic carbocycles. The van der Waals surface area contributed by atoms with E-state index in [4.69, 9.17) is 16.0 Å². The van der Waals surface area contributed by atoms with Crippen LogP contribution in [0.1, 0.15) is 56.8 Å². The van der Waals surface area contributed by atoms with Crippen LogP contribution in [0, 0.1) is 5.92 Å². The summed E-state index contributed by atoms with van der Waals surface area (Å²) in [6, 6.07) is 3.14. The van der Waals surface area contributed by atoms with Crippen LogP contribution in [0.4, 0.5) is 6.01 Å². The highest BCUT2D eigenvalue weighted by molar-refractivity contribution is 7.91. The Labute approximate surface area is 178 Å².